The molecule has 7 nitrogen and oxygen atoms in total. The second kappa shape index (κ2) is 8.46. The van der Waals surface area contributed by atoms with Gasteiger partial charge in [-0.3, -0.25) is 4.79 Å². The molecule has 0 atom stereocenters. The van der Waals surface area contributed by atoms with Gasteiger partial charge in [-0.25, -0.2) is 4.79 Å². The van der Waals surface area contributed by atoms with E-state index in [4.69, 9.17) is 5.11 Å². The van der Waals surface area contributed by atoms with Crippen molar-refractivity contribution < 1.29 is 19.8 Å². The summed E-state index contributed by atoms with van der Waals surface area (Å²) < 4.78 is 0. The molecule has 4 rings (SSSR count). The lowest BCUT2D eigenvalue weighted by Gasteiger charge is -2.11. The predicted octanol–water partition coefficient (Wildman–Crippen LogP) is 5.91. The number of nitrogens with one attached hydrogen (secondary N) is 1. The fourth-order valence-electron chi connectivity index (χ4n) is 3.12. The summed E-state index contributed by atoms with van der Waals surface area (Å²) in [6, 6.07) is 23.6. The molecule has 0 saturated carbocycles. The molecule has 0 unspecified atom stereocenters. The quantitative estimate of drug-likeness (QED) is 0.354. The maximum Gasteiger partial charge on any atom is 0.335 e. The van der Waals surface area contributed by atoms with E-state index in [1.165, 1.54) is 12.1 Å². The third-order valence-electron chi connectivity index (χ3n) is 4.63. The lowest BCUT2D eigenvalue weighted by molar-refractivity contribution is 0.0696. The van der Waals surface area contributed by atoms with Crippen LogP contribution in [0.5, 0.6) is 5.75 Å². The number of carbonyl (C=O) groups is 2. The van der Waals surface area contributed by atoms with Crippen molar-refractivity contribution in [2.24, 2.45) is 10.2 Å². The van der Waals surface area contributed by atoms with Crippen molar-refractivity contribution in [3.8, 4) is 5.75 Å². The minimum Gasteiger partial charge on any atom is -0.505 e. The zero-order valence-electron chi connectivity index (χ0n) is 16.2. The molecule has 0 saturated heterocycles. The summed E-state index contributed by atoms with van der Waals surface area (Å²) in [5.74, 6) is -1.88. The molecule has 0 aliphatic heterocycles. The SMILES string of the molecule is O=C(O)c1cccc(N=Nc2c(O)c(C(=O)Nc3ccccc3)cc3ccccc23)c1. The number of carboxylic acids is 1. The van der Waals surface area contributed by atoms with Gasteiger partial charge in [-0.2, -0.15) is 5.11 Å². The minimum atomic E-state index is -1.08. The molecular weight excluding hydrogens is 394 g/mol. The van der Waals surface area contributed by atoms with Crippen LogP contribution in [0, 0.1) is 0 Å². The highest BCUT2D eigenvalue weighted by atomic mass is 16.4. The number of rotatable bonds is 5. The molecule has 0 heterocycles. The molecule has 152 valence electrons. The van der Waals surface area contributed by atoms with Crippen LogP contribution in [0.3, 0.4) is 0 Å². The Bertz CT molecular complexity index is 1320. The van der Waals surface area contributed by atoms with E-state index in [2.05, 4.69) is 15.5 Å². The third-order valence-corrected chi connectivity index (χ3v) is 4.63. The van der Waals surface area contributed by atoms with Gasteiger partial charge in [0.05, 0.1) is 16.8 Å². The fraction of sp³-hybridized carbons (Fsp3) is 0. The molecule has 0 fully saturated rings. The van der Waals surface area contributed by atoms with Gasteiger partial charge in [0.25, 0.3) is 5.91 Å². The van der Waals surface area contributed by atoms with Crippen molar-refractivity contribution in [3.63, 3.8) is 0 Å². The molecule has 0 radical (unpaired) electrons. The summed E-state index contributed by atoms with van der Waals surface area (Å²) >= 11 is 0. The van der Waals surface area contributed by atoms with E-state index in [0.717, 1.165) is 0 Å². The average Bonchev–Trinajstić information content (AvgIpc) is 2.79. The Labute approximate surface area is 177 Å². The zero-order valence-corrected chi connectivity index (χ0v) is 16.2. The average molecular weight is 411 g/mol. The Morgan fingerprint density at radius 2 is 1.55 bits per heavy atom. The van der Waals surface area contributed by atoms with Crippen molar-refractivity contribution >= 4 is 39.7 Å². The first-order valence-corrected chi connectivity index (χ1v) is 9.39. The number of amides is 1. The first-order chi connectivity index (χ1) is 15.0. The number of anilines is 1. The number of phenolic OH excluding ortho intramolecular Hbond substituents is 1. The highest BCUT2D eigenvalue weighted by Gasteiger charge is 2.18. The molecular formula is C24H17N3O4. The lowest BCUT2D eigenvalue weighted by atomic mass is 10.0. The van der Waals surface area contributed by atoms with Crippen molar-refractivity contribution in [3.05, 3.63) is 96.1 Å². The van der Waals surface area contributed by atoms with Gasteiger partial charge in [0.1, 0.15) is 5.69 Å². The summed E-state index contributed by atoms with van der Waals surface area (Å²) in [5, 5.41) is 32.3. The number of para-hydroxylation sites is 1. The van der Waals surface area contributed by atoms with Crippen LogP contribution >= 0.6 is 0 Å². The van der Waals surface area contributed by atoms with Gasteiger partial charge < -0.3 is 15.5 Å². The maximum atomic E-state index is 12.8. The molecule has 0 bridgehead atoms. The molecule has 0 aliphatic carbocycles. The summed E-state index contributed by atoms with van der Waals surface area (Å²) in [7, 11) is 0. The maximum absolute atomic E-state index is 12.8. The monoisotopic (exact) mass is 411 g/mol. The van der Waals surface area contributed by atoms with Gasteiger partial charge in [-0.15, -0.1) is 5.11 Å². The summed E-state index contributed by atoms with van der Waals surface area (Å²) in [5.41, 5.74) is 1.14. The van der Waals surface area contributed by atoms with Crippen LogP contribution in [-0.2, 0) is 0 Å². The Kier molecular flexibility index (Phi) is 5.40. The number of carbonyl (C=O) groups excluding carboxylic acids is 1. The van der Waals surface area contributed by atoms with Crippen LogP contribution in [0.1, 0.15) is 20.7 Å². The summed E-state index contributed by atoms with van der Waals surface area (Å²) in [4.78, 5) is 24.0. The molecule has 31 heavy (non-hydrogen) atoms. The molecule has 3 N–H and O–H groups in total. The zero-order chi connectivity index (χ0) is 21.8. The summed E-state index contributed by atoms with van der Waals surface area (Å²) in [6.07, 6.45) is 0. The van der Waals surface area contributed by atoms with Gasteiger partial charge in [0.15, 0.2) is 5.75 Å². The number of aromatic hydroxyl groups is 1. The van der Waals surface area contributed by atoms with Crippen molar-refractivity contribution in [2.75, 3.05) is 5.32 Å². The number of carboxylic acid groups (broad SMARTS) is 1. The number of nitrogens with zero attached hydrogens (tertiary/aromatic N) is 2. The highest BCUT2D eigenvalue weighted by Crippen LogP contribution is 2.39. The van der Waals surface area contributed by atoms with Gasteiger partial charge in [0, 0.05) is 11.1 Å². The van der Waals surface area contributed by atoms with Gasteiger partial charge in [0.2, 0.25) is 0 Å². The first-order valence-electron chi connectivity index (χ1n) is 9.39. The van der Waals surface area contributed by atoms with E-state index in [0.29, 0.717) is 22.1 Å². The topological polar surface area (TPSA) is 111 Å². The van der Waals surface area contributed by atoms with Crippen molar-refractivity contribution in [2.45, 2.75) is 0 Å². The normalized spacial score (nSPS) is 11.0. The predicted molar refractivity (Wildman–Crippen MR) is 118 cm³/mol. The number of phenols is 1. The third kappa shape index (κ3) is 4.25. The number of benzene rings is 4. The summed E-state index contributed by atoms with van der Waals surface area (Å²) in [6.45, 7) is 0. The van der Waals surface area contributed by atoms with Crippen LogP contribution in [0.15, 0.2) is 95.2 Å². The van der Waals surface area contributed by atoms with Crippen LogP contribution in [-0.4, -0.2) is 22.1 Å². The van der Waals surface area contributed by atoms with E-state index in [-0.39, 0.29) is 22.6 Å². The van der Waals surface area contributed by atoms with Gasteiger partial charge in [-0.05, 0) is 41.8 Å². The van der Waals surface area contributed by atoms with E-state index in [1.807, 2.05) is 12.1 Å². The molecule has 4 aromatic rings. The first kappa shape index (κ1) is 19.8. The van der Waals surface area contributed by atoms with Crippen LogP contribution in [0.2, 0.25) is 0 Å². The smallest absolute Gasteiger partial charge is 0.335 e. The molecule has 7 heteroatoms. The van der Waals surface area contributed by atoms with Crippen LogP contribution in [0.4, 0.5) is 17.1 Å². The van der Waals surface area contributed by atoms with Gasteiger partial charge >= 0.3 is 5.97 Å². The Morgan fingerprint density at radius 3 is 2.32 bits per heavy atom. The molecule has 0 aliphatic rings. The fourth-order valence-corrected chi connectivity index (χ4v) is 3.12. The van der Waals surface area contributed by atoms with Gasteiger partial charge in [-0.1, -0.05) is 48.5 Å². The molecule has 1 amide bonds. The Hall–Kier alpha value is -4.52. The largest absolute Gasteiger partial charge is 0.505 e. The van der Waals surface area contributed by atoms with Crippen LogP contribution < -0.4 is 5.32 Å². The second-order valence-corrected chi connectivity index (χ2v) is 6.72. The molecule has 0 aromatic heterocycles. The highest BCUT2D eigenvalue weighted by molar-refractivity contribution is 6.11. The number of hydrogen-bond donors (Lipinski definition) is 3. The number of hydrogen-bond acceptors (Lipinski definition) is 5. The number of aromatic carboxylic acids is 1. The van der Waals surface area contributed by atoms with Crippen molar-refractivity contribution in [1.29, 1.82) is 0 Å². The molecule has 0 spiro atoms. The minimum absolute atomic E-state index is 0.0517. The number of azo groups is 1. The van der Waals surface area contributed by atoms with E-state index in [9.17, 15) is 14.7 Å². The molecule has 4 aromatic carbocycles. The standard InChI is InChI=1S/C24H17N3O4/c28-22-20(23(29)25-17-9-2-1-3-10-17)14-15-7-4-5-12-19(15)21(22)27-26-18-11-6-8-16(13-18)24(30)31/h1-14,28H,(H,25,29)(H,30,31). The Balaban J connectivity index is 1.77. The second-order valence-electron chi connectivity index (χ2n) is 6.72. The van der Waals surface area contributed by atoms with Crippen molar-refractivity contribution in [1.82, 2.24) is 0 Å². The lowest BCUT2D eigenvalue weighted by Crippen LogP contribution is -2.12. The van der Waals surface area contributed by atoms with E-state index >= 15 is 0 Å². The van der Waals surface area contributed by atoms with E-state index < -0.39 is 11.9 Å². The van der Waals surface area contributed by atoms with Crippen LogP contribution in [0.25, 0.3) is 10.8 Å². The Morgan fingerprint density at radius 1 is 0.806 bits per heavy atom. The van der Waals surface area contributed by atoms with E-state index in [1.54, 1.807) is 60.7 Å². The number of fused-ring (bicyclic) bond motifs is 1.